The van der Waals surface area contributed by atoms with Crippen molar-refractivity contribution in [3.63, 3.8) is 0 Å². The topological polar surface area (TPSA) is 32.3 Å². The predicted molar refractivity (Wildman–Crippen MR) is 103 cm³/mol. The SMILES string of the molecule is CCCCCCCCN[C@H](C)[C@@H](O)c1ccc(SC(C)C)cc1. The molecule has 0 radical (unpaired) electrons. The van der Waals surface area contributed by atoms with Gasteiger partial charge in [-0.3, -0.25) is 0 Å². The number of rotatable bonds is 12. The molecule has 0 aliphatic rings. The molecular formula is C20H35NOS. The monoisotopic (exact) mass is 337 g/mol. The first kappa shape index (κ1) is 20.5. The van der Waals surface area contributed by atoms with Crippen molar-refractivity contribution in [1.82, 2.24) is 5.32 Å². The highest BCUT2D eigenvalue weighted by atomic mass is 32.2. The maximum atomic E-state index is 10.5. The molecule has 0 saturated carbocycles. The molecule has 0 aliphatic heterocycles. The average molecular weight is 338 g/mol. The molecule has 3 heteroatoms. The summed E-state index contributed by atoms with van der Waals surface area (Å²) < 4.78 is 0. The number of benzene rings is 1. The molecule has 0 aromatic heterocycles. The second-order valence-corrected chi connectivity index (χ2v) is 8.34. The van der Waals surface area contributed by atoms with Gasteiger partial charge in [-0.15, -0.1) is 11.8 Å². The van der Waals surface area contributed by atoms with Gasteiger partial charge in [0.2, 0.25) is 0 Å². The van der Waals surface area contributed by atoms with Crippen LogP contribution in [0.3, 0.4) is 0 Å². The molecule has 2 nitrogen and oxygen atoms in total. The first-order chi connectivity index (χ1) is 11.0. The van der Waals surface area contributed by atoms with Gasteiger partial charge in [0, 0.05) is 16.2 Å². The lowest BCUT2D eigenvalue weighted by Crippen LogP contribution is -2.32. The van der Waals surface area contributed by atoms with E-state index in [1.807, 2.05) is 11.8 Å². The fraction of sp³-hybridized carbons (Fsp3) is 0.700. The molecule has 0 unspecified atom stereocenters. The maximum Gasteiger partial charge on any atom is 0.0940 e. The highest BCUT2D eigenvalue weighted by Gasteiger charge is 2.15. The van der Waals surface area contributed by atoms with E-state index >= 15 is 0 Å². The lowest BCUT2D eigenvalue weighted by Gasteiger charge is -2.21. The molecule has 0 heterocycles. The van der Waals surface area contributed by atoms with Crippen LogP contribution in [0.15, 0.2) is 29.2 Å². The van der Waals surface area contributed by atoms with Crippen LogP contribution in [0.1, 0.15) is 77.9 Å². The van der Waals surface area contributed by atoms with E-state index in [2.05, 4.69) is 57.3 Å². The average Bonchev–Trinajstić information content (AvgIpc) is 2.53. The van der Waals surface area contributed by atoms with E-state index in [-0.39, 0.29) is 6.04 Å². The zero-order valence-electron chi connectivity index (χ0n) is 15.3. The summed E-state index contributed by atoms with van der Waals surface area (Å²) in [5, 5.41) is 14.5. The molecule has 0 saturated heterocycles. The Labute approximate surface area is 147 Å². The molecule has 0 amide bonds. The van der Waals surface area contributed by atoms with Crippen LogP contribution >= 0.6 is 11.8 Å². The minimum atomic E-state index is -0.437. The molecule has 132 valence electrons. The van der Waals surface area contributed by atoms with E-state index in [0.29, 0.717) is 5.25 Å². The number of unbranched alkanes of at least 4 members (excludes halogenated alkanes) is 5. The quantitative estimate of drug-likeness (QED) is 0.387. The third-order valence-corrected chi connectivity index (χ3v) is 5.08. The summed E-state index contributed by atoms with van der Waals surface area (Å²) in [7, 11) is 0. The molecule has 0 bridgehead atoms. The highest BCUT2D eigenvalue weighted by Crippen LogP contribution is 2.25. The molecule has 2 N–H and O–H groups in total. The number of aliphatic hydroxyl groups is 1. The largest absolute Gasteiger partial charge is 0.387 e. The Bertz CT molecular complexity index is 405. The van der Waals surface area contributed by atoms with E-state index in [0.717, 1.165) is 12.1 Å². The van der Waals surface area contributed by atoms with E-state index in [4.69, 9.17) is 0 Å². The Balaban J connectivity index is 2.28. The van der Waals surface area contributed by atoms with E-state index in [1.54, 1.807) is 0 Å². The third kappa shape index (κ3) is 8.78. The summed E-state index contributed by atoms with van der Waals surface area (Å²) in [6.07, 6.45) is 7.40. The van der Waals surface area contributed by atoms with Crippen LogP contribution in [0.25, 0.3) is 0 Å². The van der Waals surface area contributed by atoms with Gasteiger partial charge < -0.3 is 10.4 Å². The van der Waals surface area contributed by atoms with E-state index < -0.39 is 6.10 Å². The second kappa shape index (κ2) is 11.9. The molecule has 2 atom stereocenters. The maximum absolute atomic E-state index is 10.5. The number of hydrogen-bond acceptors (Lipinski definition) is 3. The molecule has 23 heavy (non-hydrogen) atoms. The Kier molecular flexibility index (Phi) is 10.7. The number of hydrogen-bond donors (Lipinski definition) is 2. The van der Waals surface area contributed by atoms with Crippen molar-refractivity contribution in [2.75, 3.05) is 6.54 Å². The Morgan fingerprint density at radius 2 is 1.57 bits per heavy atom. The second-order valence-electron chi connectivity index (χ2n) is 6.69. The summed E-state index contributed by atoms with van der Waals surface area (Å²) in [6.45, 7) is 9.70. The summed E-state index contributed by atoms with van der Waals surface area (Å²) in [5.41, 5.74) is 1.00. The zero-order valence-corrected chi connectivity index (χ0v) is 16.2. The molecule has 0 aliphatic carbocycles. The van der Waals surface area contributed by atoms with Gasteiger partial charge in [0.25, 0.3) is 0 Å². The third-order valence-electron chi connectivity index (χ3n) is 4.06. The Morgan fingerprint density at radius 3 is 2.17 bits per heavy atom. The summed E-state index contributed by atoms with van der Waals surface area (Å²) in [6, 6.07) is 8.43. The lowest BCUT2D eigenvalue weighted by atomic mass is 10.0. The van der Waals surface area contributed by atoms with Crippen molar-refractivity contribution in [3.8, 4) is 0 Å². The van der Waals surface area contributed by atoms with Crippen LogP contribution in [0.4, 0.5) is 0 Å². The fourth-order valence-electron chi connectivity index (χ4n) is 2.65. The Morgan fingerprint density at radius 1 is 0.957 bits per heavy atom. The normalized spacial score (nSPS) is 14.2. The van der Waals surface area contributed by atoms with Crippen molar-refractivity contribution >= 4 is 11.8 Å². The van der Waals surface area contributed by atoms with Crippen LogP contribution < -0.4 is 5.32 Å². The molecule has 1 aromatic carbocycles. The van der Waals surface area contributed by atoms with Gasteiger partial charge in [0.1, 0.15) is 0 Å². The van der Waals surface area contributed by atoms with Gasteiger partial charge in [0.05, 0.1) is 6.10 Å². The Hall–Kier alpha value is -0.510. The lowest BCUT2D eigenvalue weighted by molar-refractivity contribution is 0.136. The van der Waals surface area contributed by atoms with Gasteiger partial charge in [-0.05, 0) is 37.6 Å². The molecule has 0 spiro atoms. The first-order valence-corrected chi connectivity index (χ1v) is 10.1. The standard InChI is InChI=1S/C20H35NOS/c1-5-6-7-8-9-10-15-21-17(4)20(22)18-11-13-19(14-12-18)23-16(2)3/h11-14,16-17,20-22H,5-10,15H2,1-4H3/t17-,20-/m1/s1. The number of aliphatic hydroxyl groups excluding tert-OH is 1. The van der Waals surface area contributed by atoms with E-state index in [9.17, 15) is 5.11 Å². The fourth-order valence-corrected chi connectivity index (χ4v) is 3.49. The smallest absolute Gasteiger partial charge is 0.0940 e. The van der Waals surface area contributed by atoms with E-state index in [1.165, 1.54) is 43.4 Å². The summed E-state index contributed by atoms with van der Waals surface area (Å²) in [5.74, 6) is 0. The van der Waals surface area contributed by atoms with Crippen LogP contribution in [0, 0.1) is 0 Å². The molecule has 1 rings (SSSR count). The van der Waals surface area contributed by atoms with Crippen molar-refractivity contribution in [2.45, 2.75) is 88.5 Å². The zero-order chi connectivity index (χ0) is 17.1. The van der Waals surface area contributed by atoms with Crippen LogP contribution in [-0.4, -0.2) is 22.9 Å². The molecular weight excluding hydrogens is 302 g/mol. The summed E-state index contributed by atoms with van der Waals surface area (Å²) >= 11 is 1.85. The van der Waals surface area contributed by atoms with Gasteiger partial charge in [-0.25, -0.2) is 0 Å². The van der Waals surface area contributed by atoms with Crippen molar-refractivity contribution < 1.29 is 5.11 Å². The van der Waals surface area contributed by atoms with Crippen LogP contribution in [0.5, 0.6) is 0 Å². The highest BCUT2D eigenvalue weighted by molar-refractivity contribution is 7.99. The minimum absolute atomic E-state index is 0.0919. The summed E-state index contributed by atoms with van der Waals surface area (Å²) in [4.78, 5) is 1.27. The van der Waals surface area contributed by atoms with Gasteiger partial charge in [-0.1, -0.05) is 65.0 Å². The van der Waals surface area contributed by atoms with Crippen molar-refractivity contribution in [3.05, 3.63) is 29.8 Å². The van der Waals surface area contributed by atoms with Gasteiger partial charge in [-0.2, -0.15) is 0 Å². The number of nitrogens with one attached hydrogen (secondary N) is 1. The molecule has 1 aromatic rings. The van der Waals surface area contributed by atoms with Crippen LogP contribution in [0.2, 0.25) is 0 Å². The predicted octanol–water partition coefficient (Wildman–Crippen LogP) is 5.56. The first-order valence-electron chi connectivity index (χ1n) is 9.22. The van der Waals surface area contributed by atoms with Crippen LogP contribution in [-0.2, 0) is 0 Å². The minimum Gasteiger partial charge on any atom is -0.387 e. The molecule has 0 fully saturated rings. The number of thioether (sulfide) groups is 1. The van der Waals surface area contributed by atoms with Crippen molar-refractivity contribution in [2.24, 2.45) is 0 Å². The van der Waals surface area contributed by atoms with Gasteiger partial charge >= 0.3 is 0 Å². The van der Waals surface area contributed by atoms with Gasteiger partial charge in [0.15, 0.2) is 0 Å². The van der Waals surface area contributed by atoms with Crippen molar-refractivity contribution in [1.29, 1.82) is 0 Å².